The van der Waals surface area contributed by atoms with E-state index < -0.39 is 0 Å². The molecule has 2 aromatic heterocycles. The highest BCUT2D eigenvalue weighted by Crippen LogP contribution is 2.25. The minimum Gasteiger partial charge on any atom is -0.325 e. The van der Waals surface area contributed by atoms with Crippen LogP contribution in [0.15, 0.2) is 78.2 Å². The molecule has 1 N–H and O–H groups in total. The third-order valence-corrected chi connectivity index (χ3v) is 5.57. The summed E-state index contributed by atoms with van der Waals surface area (Å²) in [5.41, 5.74) is 2.89. The number of carbonyl (C=O) groups excluding carboxylic acids is 1. The van der Waals surface area contributed by atoms with E-state index in [1.807, 2.05) is 47.0 Å². The quantitative estimate of drug-likeness (QED) is 0.433. The molecule has 0 spiro atoms. The van der Waals surface area contributed by atoms with Gasteiger partial charge >= 0.3 is 0 Å². The normalized spacial score (nSPS) is 10.8. The largest absolute Gasteiger partial charge is 0.325 e. The summed E-state index contributed by atoms with van der Waals surface area (Å²) in [5.74, 6) is 0.204. The molecule has 0 aliphatic heterocycles. The van der Waals surface area contributed by atoms with Crippen molar-refractivity contribution in [2.45, 2.75) is 18.6 Å². The molecule has 0 unspecified atom stereocenters. The van der Waals surface area contributed by atoms with E-state index >= 15 is 0 Å². The van der Waals surface area contributed by atoms with Crippen molar-refractivity contribution in [1.29, 1.82) is 0 Å². The number of pyridine rings is 1. The van der Waals surface area contributed by atoms with Gasteiger partial charge in [-0.15, -0.1) is 10.2 Å². The van der Waals surface area contributed by atoms with Gasteiger partial charge in [-0.2, -0.15) is 0 Å². The molecule has 0 aliphatic carbocycles. The van der Waals surface area contributed by atoms with Crippen LogP contribution in [0.2, 0.25) is 0 Å². The maximum Gasteiger partial charge on any atom is 0.234 e. The van der Waals surface area contributed by atoms with Crippen LogP contribution in [0.25, 0.3) is 11.4 Å². The zero-order chi connectivity index (χ0) is 21.6. The minimum absolute atomic E-state index is 0.120. The minimum atomic E-state index is -0.353. The molecule has 0 fully saturated rings. The van der Waals surface area contributed by atoms with Gasteiger partial charge in [-0.1, -0.05) is 48.2 Å². The second-order valence-corrected chi connectivity index (χ2v) is 7.86. The number of amides is 1. The number of nitrogens with zero attached hydrogens (tertiary/aromatic N) is 4. The average Bonchev–Trinajstić information content (AvgIpc) is 3.18. The average molecular weight is 434 g/mol. The van der Waals surface area contributed by atoms with Crippen LogP contribution in [0.1, 0.15) is 11.1 Å². The summed E-state index contributed by atoms with van der Waals surface area (Å²) in [5, 5.41) is 12.0. The predicted octanol–water partition coefficient (Wildman–Crippen LogP) is 4.57. The van der Waals surface area contributed by atoms with Gasteiger partial charge in [-0.25, -0.2) is 4.39 Å². The standard InChI is InChI=1S/C23H20FN5OS/c1-16-9-10-19(12-20(16)24)26-21(30)15-31-23-28-27-22(18-8-5-11-25-13-18)29(23)14-17-6-3-2-4-7-17/h2-13H,14-15H2,1H3,(H,26,30). The molecule has 4 aromatic rings. The van der Waals surface area contributed by atoms with E-state index in [9.17, 15) is 9.18 Å². The number of hydrogen-bond donors (Lipinski definition) is 1. The highest BCUT2D eigenvalue weighted by molar-refractivity contribution is 7.99. The third kappa shape index (κ3) is 5.16. The first-order valence-electron chi connectivity index (χ1n) is 9.66. The van der Waals surface area contributed by atoms with Gasteiger partial charge in [0.05, 0.1) is 12.3 Å². The molecule has 2 heterocycles. The van der Waals surface area contributed by atoms with Crippen LogP contribution in [0.3, 0.4) is 0 Å². The molecule has 0 radical (unpaired) electrons. The molecule has 8 heteroatoms. The highest BCUT2D eigenvalue weighted by atomic mass is 32.2. The predicted molar refractivity (Wildman–Crippen MR) is 119 cm³/mol. The SMILES string of the molecule is Cc1ccc(NC(=O)CSc2nnc(-c3cccnc3)n2Cc2ccccc2)cc1F. The Labute approximate surface area is 183 Å². The van der Waals surface area contributed by atoms with Gasteiger partial charge < -0.3 is 5.32 Å². The highest BCUT2D eigenvalue weighted by Gasteiger charge is 2.16. The second-order valence-electron chi connectivity index (χ2n) is 6.92. The fourth-order valence-corrected chi connectivity index (χ4v) is 3.75. The van der Waals surface area contributed by atoms with Crippen molar-refractivity contribution in [2.75, 3.05) is 11.1 Å². The Morgan fingerprint density at radius 3 is 2.68 bits per heavy atom. The van der Waals surface area contributed by atoms with Gasteiger partial charge in [0.25, 0.3) is 0 Å². The van der Waals surface area contributed by atoms with Crippen molar-refractivity contribution in [3.05, 3.63) is 90.0 Å². The van der Waals surface area contributed by atoms with Crippen molar-refractivity contribution in [2.24, 2.45) is 0 Å². The molecule has 0 atom stereocenters. The van der Waals surface area contributed by atoms with Crippen molar-refractivity contribution in [3.8, 4) is 11.4 Å². The van der Waals surface area contributed by atoms with E-state index in [0.29, 0.717) is 28.8 Å². The third-order valence-electron chi connectivity index (χ3n) is 4.61. The fraction of sp³-hybridized carbons (Fsp3) is 0.130. The molecule has 1 amide bonds. The van der Waals surface area contributed by atoms with E-state index in [0.717, 1.165) is 11.1 Å². The van der Waals surface area contributed by atoms with Gasteiger partial charge in [0.2, 0.25) is 5.91 Å². The summed E-state index contributed by atoms with van der Waals surface area (Å²) in [6.45, 7) is 2.24. The number of carbonyl (C=O) groups is 1. The lowest BCUT2D eigenvalue weighted by atomic mass is 10.2. The molecule has 0 saturated carbocycles. The number of aromatic nitrogens is 4. The van der Waals surface area contributed by atoms with Gasteiger partial charge in [-0.3, -0.25) is 14.3 Å². The smallest absolute Gasteiger partial charge is 0.234 e. The molecule has 0 bridgehead atoms. The van der Waals surface area contributed by atoms with E-state index in [-0.39, 0.29) is 17.5 Å². The van der Waals surface area contributed by atoms with Crippen LogP contribution in [0.4, 0.5) is 10.1 Å². The first kappa shape index (κ1) is 20.7. The molecular formula is C23H20FN5OS. The number of halogens is 1. The van der Waals surface area contributed by atoms with E-state index in [1.54, 1.807) is 31.5 Å². The summed E-state index contributed by atoms with van der Waals surface area (Å²) < 4.78 is 15.7. The van der Waals surface area contributed by atoms with Crippen molar-refractivity contribution in [3.63, 3.8) is 0 Å². The molecule has 156 valence electrons. The molecule has 6 nitrogen and oxygen atoms in total. The van der Waals surface area contributed by atoms with Crippen LogP contribution in [0, 0.1) is 12.7 Å². The number of nitrogens with one attached hydrogen (secondary N) is 1. The van der Waals surface area contributed by atoms with Crippen molar-refractivity contribution >= 4 is 23.4 Å². The van der Waals surface area contributed by atoms with Crippen LogP contribution in [-0.2, 0) is 11.3 Å². The maximum atomic E-state index is 13.7. The van der Waals surface area contributed by atoms with Crippen LogP contribution >= 0.6 is 11.8 Å². The Morgan fingerprint density at radius 2 is 1.94 bits per heavy atom. The Balaban J connectivity index is 1.52. The Bertz CT molecular complexity index is 1180. The number of anilines is 1. The fourth-order valence-electron chi connectivity index (χ4n) is 3.01. The van der Waals surface area contributed by atoms with Crippen LogP contribution in [-0.4, -0.2) is 31.4 Å². The lowest BCUT2D eigenvalue weighted by Gasteiger charge is -2.11. The second kappa shape index (κ2) is 9.53. The van der Waals surface area contributed by atoms with Crippen molar-refractivity contribution < 1.29 is 9.18 Å². The lowest BCUT2D eigenvalue weighted by molar-refractivity contribution is -0.113. The van der Waals surface area contributed by atoms with Gasteiger partial charge in [-0.05, 0) is 42.3 Å². The van der Waals surface area contributed by atoms with Crippen LogP contribution < -0.4 is 5.32 Å². The molecule has 0 saturated heterocycles. The Kier molecular flexibility index (Phi) is 6.37. The number of benzene rings is 2. The van der Waals surface area contributed by atoms with Gasteiger partial charge in [0.15, 0.2) is 11.0 Å². The van der Waals surface area contributed by atoms with E-state index in [4.69, 9.17) is 0 Å². The number of hydrogen-bond acceptors (Lipinski definition) is 5. The van der Waals surface area contributed by atoms with E-state index in [2.05, 4.69) is 20.5 Å². The Morgan fingerprint density at radius 1 is 1.10 bits per heavy atom. The van der Waals surface area contributed by atoms with Crippen molar-refractivity contribution in [1.82, 2.24) is 19.7 Å². The molecular weight excluding hydrogens is 413 g/mol. The molecule has 0 aliphatic rings. The first-order chi connectivity index (χ1) is 15.1. The number of aryl methyl sites for hydroxylation is 1. The number of thioether (sulfide) groups is 1. The zero-order valence-electron chi connectivity index (χ0n) is 16.8. The summed E-state index contributed by atoms with van der Waals surface area (Å²) >= 11 is 1.28. The Hall–Kier alpha value is -3.52. The maximum absolute atomic E-state index is 13.7. The van der Waals surface area contributed by atoms with E-state index in [1.165, 1.54) is 17.8 Å². The van der Waals surface area contributed by atoms with Gasteiger partial charge in [0.1, 0.15) is 5.82 Å². The molecule has 4 rings (SSSR count). The lowest BCUT2D eigenvalue weighted by Crippen LogP contribution is -2.15. The monoisotopic (exact) mass is 433 g/mol. The summed E-state index contributed by atoms with van der Waals surface area (Å²) in [6.07, 6.45) is 3.44. The topological polar surface area (TPSA) is 72.7 Å². The first-order valence-corrected chi connectivity index (χ1v) is 10.6. The number of rotatable bonds is 7. The molecule has 31 heavy (non-hydrogen) atoms. The summed E-state index contributed by atoms with van der Waals surface area (Å²) in [4.78, 5) is 16.6. The zero-order valence-corrected chi connectivity index (χ0v) is 17.6. The summed E-state index contributed by atoms with van der Waals surface area (Å²) in [6, 6.07) is 18.4. The molecule has 2 aromatic carbocycles. The van der Waals surface area contributed by atoms with Crippen LogP contribution in [0.5, 0.6) is 0 Å². The summed E-state index contributed by atoms with van der Waals surface area (Å²) in [7, 11) is 0. The van der Waals surface area contributed by atoms with Gasteiger partial charge in [0, 0.05) is 23.6 Å².